The molecule has 2 heterocycles. The molecule has 5 aromatic rings. The largest absolute Gasteiger partial charge is 0.481 e. The number of carboxylic acid groups (broad SMARTS) is 1. The average Bonchev–Trinajstić information content (AvgIpc) is 3.71. The Labute approximate surface area is 267 Å². The molecule has 1 N–H and O–H groups in total. The van der Waals surface area contributed by atoms with Crippen molar-refractivity contribution in [2.45, 2.75) is 50.8 Å². The van der Waals surface area contributed by atoms with Crippen LogP contribution in [0.15, 0.2) is 95.4 Å². The second-order valence-electron chi connectivity index (χ2n) is 11.5. The normalized spacial score (nSPS) is 14.5. The van der Waals surface area contributed by atoms with E-state index in [2.05, 4.69) is 29.2 Å². The summed E-state index contributed by atoms with van der Waals surface area (Å²) in [6, 6.07) is 27.4. The molecular formula is C37H36N2O7. The number of hydrogen-bond acceptors (Lipinski definition) is 7. The maximum absolute atomic E-state index is 14.1. The Morgan fingerprint density at radius 1 is 0.957 bits per heavy atom. The van der Waals surface area contributed by atoms with Gasteiger partial charge in [0, 0.05) is 25.6 Å². The van der Waals surface area contributed by atoms with Gasteiger partial charge >= 0.3 is 5.97 Å². The smallest absolute Gasteiger partial charge is 0.305 e. The summed E-state index contributed by atoms with van der Waals surface area (Å²) in [5.74, 6) is 0.460. The minimum atomic E-state index is -1.02. The van der Waals surface area contributed by atoms with E-state index >= 15 is 0 Å². The Balaban J connectivity index is 1.34. The zero-order valence-corrected chi connectivity index (χ0v) is 25.8. The predicted molar refractivity (Wildman–Crippen MR) is 175 cm³/mol. The lowest BCUT2D eigenvalue weighted by Crippen LogP contribution is -2.43. The molecule has 0 saturated heterocycles. The standard InChI is InChI=1S/C37H36N2O7/c1-24(39(36(40)20-29(43-2)21-37(41)42)22-25-14-15-26-8-3-4-9-27(26)18-25)30(28-16-17-33-34(19-28)45-23-44-33)10-7-13-35-38-31-11-5-6-12-32(31)46-35/h3-9,11-19,24,29-30H,10,20-23H2,1-2H3,(H,41,42)/t24?,29-,30?/m0/s1. The molecule has 2 unspecified atom stereocenters. The van der Waals surface area contributed by atoms with E-state index in [1.807, 2.05) is 84.6 Å². The molecule has 1 aromatic heterocycles. The number of hydrogen-bond donors (Lipinski definition) is 1. The summed E-state index contributed by atoms with van der Waals surface area (Å²) in [7, 11) is 1.43. The van der Waals surface area contributed by atoms with Crippen LogP contribution in [0.3, 0.4) is 0 Å². The summed E-state index contributed by atoms with van der Waals surface area (Å²) in [4.78, 5) is 32.0. The van der Waals surface area contributed by atoms with E-state index in [1.54, 1.807) is 0 Å². The summed E-state index contributed by atoms with van der Waals surface area (Å²) >= 11 is 0. The minimum absolute atomic E-state index is 0.0622. The number of benzene rings is 4. The molecule has 4 aromatic carbocycles. The third kappa shape index (κ3) is 7.05. The zero-order chi connectivity index (χ0) is 32.0. The Bertz CT molecular complexity index is 1850. The van der Waals surface area contributed by atoms with Crippen LogP contribution >= 0.6 is 0 Å². The third-order valence-corrected chi connectivity index (χ3v) is 8.48. The monoisotopic (exact) mass is 620 g/mol. The van der Waals surface area contributed by atoms with Gasteiger partial charge in [-0.05, 0) is 71.7 Å². The number of rotatable bonds is 13. The maximum Gasteiger partial charge on any atom is 0.305 e. The van der Waals surface area contributed by atoms with Crippen LogP contribution in [0.2, 0.25) is 0 Å². The lowest BCUT2D eigenvalue weighted by Gasteiger charge is -2.36. The molecule has 6 rings (SSSR count). The topological polar surface area (TPSA) is 111 Å². The van der Waals surface area contributed by atoms with Gasteiger partial charge in [0.1, 0.15) is 5.52 Å². The zero-order valence-electron chi connectivity index (χ0n) is 25.8. The maximum atomic E-state index is 14.1. The van der Waals surface area contributed by atoms with Gasteiger partial charge < -0.3 is 28.6 Å². The van der Waals surface area contributed by atoms with Crippen LogP contribution in [0.1, 0.15) is 49.1 Å². The summed E-state index contributed by atoms with van der Waals surface area (Å²) in [5, 5.41) is 11.6. The number of carbonyl (C=O) groups excluding carboxylic acids is 1. The third-order valence-electron chi connectivity index (χ3n) is 8.48. The molecule has 0 saturated carbocycles. The van der Waals surface area contributed by atoms with Crippen molar-refractivity contribution < 1.29 is 33.3 Å². The Hall–Kier alpha value is -5.15. The van der Waals surface area contributed by atoms with Crippen molar-refractivity contribution in [3.63, 3.8) is 0 Å². The lowest BCUT2D eigenvalue weighted by molar-refractivity contribution is -0.142. The van der Waals surface area contributed by atoms with Crippen LogP contribution in [-0.4, -0.2) is 52.9 Å². The molecule has 0 aliphatic carbocycles. The van der Waals surface area contributed by atoms with Crippen LogP contribution in [0, 0.1) is 0 Å². The molecule has 1 aliphatic rings. The van der Waals surface area contributed by atoms with Crippen molar-refractivity contribution in [3.8, 4) is 11.5 Å². The number of amides is 1. The second-order valence-corrected chi connectivity index (χ2v) is 11.5. The number of carbonyl (C=O) groups is 2. The van der Waals surface area contributed by atoms with Gasteiger partial charge in [0.2, 0.25) is 18.6 Å². The molecule has 9 nitrogen and oxygen atoms in total. The lowest BCUT2D eigenvalue weighted by atomic mass is 9.87. The first kappa shape index (κ1) is 30.9. The fraction of sp³-hybridized carbons (Fsp3) is 0.270. The highest BCUT2D eigenvalue weighted by Crippen LogP contribution is 2.38. The molecule has 9 heteroatoms. The van der Waals surface area contributed by atoms with E-state index < -0.39 is 12.1 Å². The van der Waals surface area contributed by atoms with Crippen molar-refractivity contribution in [1.82, 2.24) is 9.88 Å². The Morgan fingerprint density at radius 3 is 2.54 bits per heavy atom. The number of ether oxygens (including phenoxy) is 3. The van der Waals surface area contributed by atoms with Crippen molar-refractivity contribution in [2.75, 3.05) is 13.9 Å². The van der Waals surface area contributed by atoms with E-state index in [1.165, 1.54) is 7.11 Å². The van der Waals surface area contributed by atoms with Crippen molar-refractivity contribution in [1.29, 1.82) is 0 Å². The summed E-state index contributed by atoms with van der Waals surface area (Å²) in [6.45, 7) is 2.52. The number of nitrogens with zero attached hydrogens (tertiary/aromatic N) is 2. The van der Waals surface area contributed by atoms with E-state index in [-0.39, 0.29) is 37.5 Å². The van der Waals surface area contributed by atoms with E-state index in [4.69, 9.17) is 18.6 Å². The molecule has 1 amide bonds. The Morgan fingerprint density at radius 2 is 1.74 bits per heavy atom. The first-order chi connectivity index (χ1) is 22.4. The molecular weight excluding hydrogens is 584 g/mol. The van der Waals surface area contributed by atoms with Crippen LogP contribution in [0.25, 0.3) is 27.9 Å². The molecule has 46 heavy (non-hydrogen) atoms. The van der Waals surface area contributed by atoms with Crippen LogP contribution in [0.5, 0.6) is 11.5 Å². The number of carboxylic acids is 1. The first-order valence-corrected chi connectivity index (χ1v) is 15.3. The van der Waals surface area contributed by atoms with E-state index in [0.29, 0.717) is 35.9 Å². The number of allylic oxidation sites excluding steroid dienone is 1. The fourth-order valence-corrected chi connectivity index (χ4v) is 5.99. The highest BCUT2D eigenvalue weighted by molar-refractivity contribution is 5.83. The van der Waals surface area contributed by atoms with Crippen molar-refractivity contribution >= 4 is 39.8 Å². The summed E-state index contributed by atoms with van der Waals surface area (Å²) in [5.41, 5.74) is 3.44. The van der Waals surface area contributed by atoms with E-state index in [0.717, 1.165) is 27.4 Å². The van der Waals surface area contributed by atoms with Crippen molar-refractivity contribution in [3.05, 3.63) is 108 Å². The van der Waals surface area contributed by atoms with Crippen LogP contribution < -0.4 is 9.47 Å². The SMILES string of the molecule is CO[C@H](CC(=O)O)CC(=O)N(Cc1ccc2ccccc2c1)C(C)C(CC=Cc1nc2ccccc2o1)c1ccc2c(c1)OCO2. The molecule has 3 atom stereocenters. The average molecular weight is 621 g/mol. The highest BCUT2D eigenvalue weighted by Gasteiger charge is 2.31. The molecule has 236 valence electrons. The van der Waals surface area contributed by atoms with Gasteiger partial charge in [-0.15, -0.1) is 0 Å². The molecule has 0 fully saturated rings. The predicted octanol–water partition coefficient (Wildman–Crippen LogP) is 7.19. The van der Waals surface area contributed by atoms with Gasteiger partial charge in [-0.1, -0.05) is 60.7 Å². The summed E-state index contributed by atoms with van der Waals surface area (Å²) < 4.78 is 22.6. The van der Waals surface area contributed by atoms with Gasteiger partial charge in [-0.25, -0.2) is 4.98 Å². The molecule has 0 spiro atoms. The fourth-order valence-electron chi connectivity index (χ4n) is 5.99. The van der Waals surface area contributed by atoms with Gasteiger partial charge in [0.05, 0.1) is 18.9 Å². The van der Waals surface area contributed by atoms with Gasteiger partial charge in [-0.2, -0.15) is 0 Å². The minimum Gasteiger partial charge on any atom is -0.481 e. The number of methoxy groups -OCH3 is 1. The highest BCUT2D eigenvalue weighted by atomic mass is 16.7. The number of para-hydroxylation sites is 2. The Kier molecular flexibility index (Phi) is 9.30. The van der Waals surface area contributed by atoms with Gasteiger partial charge in [0.15, 0.2) is 17.1 Å². The number of oxazole rings is 1. The van der Waals surface area contributed by atoms with Crippen molar-refractivity contribution in [2.24, 2.45) is 0 Å². The quantitative estimate of drug-likeness (QED) is 0.147. The number of aromatic nitrogens is 1. The second kappa shape index (κ2) is 13.9. The first-order valence-electron chi connectivity index (χ1n) is 15.3. The molecule has 0 bridgehead atoms. The molecule has 0 radical (unpaired) electrons. The summed E-state index contributed by atoms with van der Waals surface area (Å²) in [6.07, 6.45) is 3.35. The van der Waals surface area contributed by atoms with E-state index in [9.17, 15) is 14.7 Å². The molecule has 1 aliphatic heterocycles. The van der Waals surface area contributed by atoms with Gasteiger partial charge in [0.25, 0.3) is 0 Å². The number of aliphatic carboxylic acids is 1. The number of fused-ring (bicyclic) bond motifs is 3. The van der Waals surface area contributed by atoms with Gasteiger partial charge in [-0.3, -0.25) is 9.59 Å². The van der Waals surface area contributed by atoms with Crippen LogP contribution in [0.4, 0.5) is 0 Å². The van der Waals surface area contributed by atoms with Crippen LogP contribution in [-0.2, 0) is 20.9 Å².